The smallest absolute Gasteiger partial charge is 0.306 e. The number of hydrogen-bond donors (Lipinski definition) is 1. The molecule has 3 atom stereocenters. The van der Waals surface area contributed by atoms with Gasteiger partial charge in [0.25, 0.3) is 7.82 Å². The van der Waals surface area contributed by atoms with Crippen molar-refractivity contribution in [3.8, 4) is 0 Å². The second kappa shape index (κ2) is 58.6. The molecule has 0 heterocycles. The van der Waals surface area contributed by atoms with Crippen LogP contribution in [0.4, 0.5) is 0 Å². The molecule has 0 saturated carbocycles. The van der Waals surface area contributed by atoms with Crippen molar-refractivity contribution >= 4 is 19.7 Å². The van der Waals surface area contributed by atoms with Gasteiger partial charge in [0, 0.05) is 12.8 Å². The number of phosphoric ester groups is 1. The molecule has 0 aliphatic rings. The number of hydrogen-bond acceptors (Lipinski definition) is 7. The molecule has 10 heteroatoms. The fraction of sp³-hybridized carbons (Fsp3) is 0.797. The lowest BCUT2D eigenvalue weighted by molar-refractivity contribution is -0.870. The Morgan fingerprint density at radius 1 is 0.456 bits per heavy atom. The summed E-state index contributed by atoms with van der Waals surface area (Å²) in [7, 11) is 1.19. The van der Waals surface area contributed by atoms with E-state index in [9.17, 15) is 19.0 Å². The molecule has 0 saturated heterocycles. The maximum atomic E-state index is 13.6. The van der Waals surface area contributed by atoms with Crippen LogP contribution in [0.25, 0.3) is 0 Å². The molecule has 460 valence electrons. The summed E-state index contributed by atoms with van der Waals surface area (Å²) in [5.74, 6) is -0.536. The predicted octanol–water partition coefficient (Wildman–Crippen LogP) is 20.2. The van der Waals surface area contributed by atoms with Crippen LogP contribution < -0.4 is 10.2 Å². The molecule has 1 N–H and O–H groups in total. The summed E-state index contributed by atoms with van der Waals surface area (Å²) in [6.07, 6.45) is 75.9. The SMILES string of the molecule is CC/C=C\C/C=C\C/C=C\C/C=C\C/C=C\CCCCCCCCCCCCCC(=O)NC(COP(=O)([O-])OCC[N+](C)(C)C)C(/C=C\CCCCCCCCCCCC)OC(=O)CCCCCCCCCCCCCCCC. The van der Waals surface area contributed by atoms with Gasteiger partial charge in [-0.1, -0.05) is 287 Å². The van der Waals surface area contributed by atoms with Gasteiger partial charge < -0.3 is 28.5 Å². The standard InChI is InChI=1S/C69H127N2O7P/c1-7-10-13-16-19-22-25-28-30-31-32-33-34-35-36-37-38-39-40-41-42-43-46-49-52-55-58-61-68(72)70-66(65-77-79(74,75)76-64-63-71(4,5)6)67(60-57-54-51-48-45-27-24-21-18-15-12-9-3)78-69(73)62-59-56-53-50-47-44-29-26-23-20-17-14-11-8-2/h10,13,19,22,28,30,32-33,35-36,57,60,66-67H,7-9,11-12,14-18,20-21,23-27,29,31,34,37-56,58-59,61-65H2,1-6H3,(H-,70,72,74,75)/b13-10-,22-19-,30-28-,33-32-,36-35-,60-57-. The molecule has 0 aromatic heterocycles. The number of carbonyl (C=O) groups excluding carboxylic acids is 2. The maximum Gasteiger partial charge on any atom is 0.306 e. The fourth-order valence-corrected chi connectivity index (χ4v) is 10.3. The molecular weight excluding hydrogens is 1000 g/mol. The van der Waals surface area contributed by atoms with Gasteiger partial charge in [0.2, 0.25) is 5.91 Å². The lowest BCUT2D eigenvalue weighted by atomic mass is 10.0. The van der Waals surface area contributed by atoms with E-state index in [4.69, 9.17) is 13.8 Å². The maximum absolute atomic E-state index is 13.6. The number of rotatable bonds is 60. The minimum Gasteiger partial charge on any atom is -0.756 e. The molecule has 9 nitrogen and oxygen atoms in total. The number of carbonyl (C=O) groups is 2. The highest BCUT2D eigenvalue weighted by atomic mass is 31.2. The lowest BCUT2D eigenvalue weighted by Gasteiger charge is -2.30. The van der Waals surface area contributed by atoms with Crippen LogP contribution in [0.15, 0.2) is 72.9 Å². The zero-order chi connectivity index (χ0) is 57.9. The van der Waals surface area contributed by atoms with Crippen molar-refractivity contribution in [1.29, 1.82) is 0 Å². The molecular formula is C69H127N2O7P. The number of unbranched alkanes of at least 4 members (excludes halogenated alkanes) is 34. The summed E-state index contributed by atoms with van der Waals surface area (Å²) in [4.78, 5) is 40.0. The number of quaternary nitrogens is 1. The van der Waals surface area contributed by atoms with Crippen LogP contribution >= 0.6 is 7.82 Å². The van der Waals surface area contributed by atoms with Gasteiger partial charge in [-0.2, -0.15) is 0 Å². The fourth-order valence-electron chi connectivity index (χ4n) is 9.55. The van der Waals surface area contributed by atoms with Crippen LogP contribution in [0.5, 0.6) is 0 Å². The second-order valence-corrected chi connectivity index (χ2v) is 25.0. The molecule has 79 heavy (non-hydrogen) atoms. The van der Waals surface area contributed by atoms with Crippen molar-refractivity contribution in [2.75, 3.05) is 40.9 Å². The van der Waals surface area contributed by atoms with E-state index >= 15 is 0 Å². The van der Waals surface area contributed by atoms with Gasteiger partial charge in [0.05, 0.1) is 33.8 Å². The van der Waals surface area contributed by atoms with Crippen molar-refractivity contribution in [3.63, 3.8) is 0 Å². The highest BCUT2D eigenvalue weighted by molar-refractivity contribution is 7.45. The van der Waals surface area contributed by atoms with Gasteiger partial charge in [-0.25, -0.2) is 0 Å². The van der Waals surface area contributed by atoms with Crippen LogP contribution in [-0.2, 0) is 27.9 Å². The van der Waals surface area contributed by atoms with Crippen LogP contribution in [0.2, 0.25) is 0 Å². The average Bonchev–Trinajstić information content (AvgIpc) is 3.41. The van der Waals surface area contributed by atoms with Crippen molar-refractivity contribution in [1.82, 2.24) is 5.32 Å². The third kappa shape index (κ3) is 59.9. The van der Waals surface area contributed by atoms with Gasteiger partial charge in [-0.15, -0.1) is 0 Å². The van der Waals surface area contributed by atoms with Crippen molar-refractivity contribution in [2.24, 2.45) is 0 Å². The Kier molecular flexibility index (Phi) is 56.7. The first-order chi connectivity index (χ1) is 38.4. The third-order valence-corrected chi connectivity index (χ3v) is 15.6. The van der Waals surface area contributed by atoms with E-state index in [1.807, 2.05) is 33.3 Å². The number of ether oxygens (including phenoxy) is 1. The summed E-state index contributed by atoms with van der Waals surface area (Å²) in [6, 6.07) is -0.890. The zero-order valence-corrected chi connectivity index (χ0v) is 53.5. The number of nitrogens with zero attached hydrogens (tertiary/aromatic N) is 1. The first-order valence-corrected chi connectivity index (χ1v) is 34.7. The van der Waals surface area contributed by atoms with Gasteiger partial charge in [0.15, 0.2) is 0 Å². The van der Waals surface area contributed by atoms with Gasteiger partial charge in [0.1, 0.15) is 19.3 Å². The third-order valence-electron chi connectivity index (χ3n) is 14.7. The number of phosphoric acid groups is 1. The Hall–Kier alpha value is -2.55. The quantitative estimate of drug-likeness (QED) is 0.0212. The highest BCUT2D eigenvalue weighted by Gasteiger charge is 2.27. The van der Waals surface area contributed by atoms with Crippen molar-refractivity contribution in [3.05, 3.63) is 72.9 Å². The van der Waals surface area contributed by atoms with Gasteiger partial charge in [-0.05, 0) is 76.7 Å². The van der Waals surface area contributed by atoms with Gasteiger partial charge in [-0.3, -0.25) is 14.2 Å². The Balaban J connectivity index is 5.05. The Bertz CT molecular complexity index is 1580. The van der Waals surface area contributed by atoms with Gasteiger partial charge >= 0.3 is 5.97 Å². The minimum absolute atomic E-state index is 0.0232. The summed E-state index contributed by atoms with van der Waals surface area (Å²) in [6.45, 7) is 6.75. The molecule has 0 aliphatic carbocycles. The molecule has 0 fully saturated rings. The summed E-state index contributed by atoms with van der Waals surface area (Å²) < 4.78 is 30.4. The number of allylic oxidation sites excluding steroid dienone is 11. The zero-order valence-electron chi connectivity index (χ0n) is 52.6. The molecule has 0 rings (SSSR count). The second-order valence-electron chi connectivity index (χ2n) is 23.6. The van der Waals surface area contributed by atoms with E-state index in [2.05, 4.69) is 86.8 Å². The van der Waals surface area contributed by atoms with E-state index in [1.54, 1.807) is 0 Å². The molecule has 3 unspecified atom stereocenters. The summed E-state index contributed by atoms with van der Waals surface area (Å²) in [5.41, 5.74) is 0. The van der Waals surface area contributed by atoms with E-state index in [0.717, 1.165) is 96.3 Å². The normalized spacial score (nSPS) is 14.1. The number of likely N-dealkylation sites (N-methyl/N-ethyl adjacent to an activating group) is 1. The van der Waals surface area contributed by atoms with Crippen LogP contribution in [0.3, 0.4) is 0 Å². The molecule has 0 aromatic rings. The van der Waals surface area contributed by atoms with Crippen molar-refractivity contribution < 1.29 is 37.3 Å². The van der Waals surface area contributed by atoms with E-state index in [0.29, 0.717) is 17.4 Å². The Morgan fingerprint density at radius 2 is 0.810 bits per heavy atom. The largest absolute Gasteiger partial charge is 0.756 e. The van der Waals surface area contributed by atoms with E-state index < -0.39 is 20.0 Å². The number of esters is 1. The average molecular weight is 1130 g/mol. The first-order valence-electron chi connectivity index (χ1n) is 33.2. The monoisotopic (exact) mass is 1130 g/mol. The van der Waals surface area contributed by atoms with E-state index in [-0.39, 0.29) is 31.5 Å². The Morgan fingerprint density at radius 3 is 1.22 bits per heavy atom. The topological polar surface area (TPSA) is 114 Å². The first kappa shape index (κ1) is 76.5. The van der Waals surface area contributed by atoms with Crippen molar-refractivity contribution in [2.45, 2.75) is 315 Å². The summed E-state index contributed by atoms with van der Waals surface area (Å²) >= 11 is 0. The van der Waals surface area contributed by atoms with E-state index in [1.165, 1.54) is 173 Å². The minimum atomic E-state index is -4.70. The predicted molar refractivity (Wildman–Crippen MR) is 339 cm³/mol. The molecule has 0 bridgehead atoms. The molecule has 0 radical (unpaired) electrons. The van der Waals surface area contributed by atoms with Crippen LogP contribution in [0, 0.1) is 0 Å². The lowest BCUT2D eigenvalue weighted by Crippen LogP contribution is -2.47. The number of amides is 1. The molecule has 0 aliphatic heterocycles. The molecule has 0 aromatic carbocycles. The molecule has 1 amide bonds. The van der Waals surface area contributed by atoms with Crippen LogP contribution in [0.1, 0.15) is 303 Å². The highest BCUT2D eigenvalue weighted by Crippen LogP contribution is 2.38. The van der Waals surface area contributed by atoms with Crippen LogP contribution in [-0.4, -0.2) is 69.4 Å². The summed E-state index contributed by atoms with van der Waals surface area (Å²) in [5, 5.41) is 3.04. The Labute approximate surface area is 489 Å². The number of nitrogens with one attached hydrogen (secondary N) is 1. The molecule has 0 spiro atoms.